The molecule has 0 aromatic carbocycles. The average molecular weight is 1440 g/mol. The molecule has 0 fully saturated rings. The Morgan fingerprint density at radius 2 is 0.553 bits per heavy atom. The summed E-state index contributed by atoms with van der Waals surface area (Å²) in [4.78, 5) is 37.7. The van der Waals surface area contributed by atoms with Crippen LogP contribution in [0.25, 0.3) is 0 Å². The lowest BCUT2D eigenvalue weighted by Gasteiger charge is -2.26. The van der Waals surface area contributed by atoms with Crippen LogP contribution in [-0.4, -0.2) is 82.3 Å². The van der Waals surface area contributed by atoms with E-state index in [0.29, 0.717) is 17.4 Å². The summed E-state index contributed by atoms with van der Waals surface area (Å²) >= 11 is 0. The molecule has 9 nitrogen and oxygen atoms in total. The number of allylic oxidation sites excluding steroid dienone is 20. The monoisotopic (exact) mass is 1440 g/mol. The highest BCUT2D eigenvalue weighted by Crippen LogP contribution is 2.20. The van der Waals surface area contributed by atoms with Gasteiger partial charge < -0.3 is 33.3 Å². The Kier molecular flexibility index (Phi) is 79.8. The van der Waals surface area contributed by atoms with E-state index < -0.39 is 24.3 Å². The fourth-order valence-electron chi connectivity index (χ4n) is 12.6. The van der Waals surface area contributed by atoms with Gasteiger partial charge in [-0.15, -0.1) is 0 Å². The Labute approximate surface area is 637 Å². The highest BCUT2D eigenvalue weighted by molar-refractivity contribution is 5.70. The van der Waals surface area contributed by atoms with Gasteiger partial charge in [-0.2, -0.15) is 0 Å². The minimum absolute atomic E-state index is 0.142. The largest absolute Gasteiger partial charge is 0.545 e. The van der Waals surface area contributed by atoms with Crippen LogP contribution in [0.1, 0.15) is 399 Å². The van der Waals surface area contributed by atoms with Crippen molar-refractivity contribution in [1.82, 2.24) is 0 Å². The van der Waals surface area contributed by atoms with E-state index in [9.17, 15) is 19.5 Å². The van der Waals surface area contributed by atoms with Crippen molar-refractivity contribution in [2.75, 3.05) is 47.5 Å². The quantitative estimate of drug-likeness (QED) is 0.0195. The fourth-order valence-corrected chi connectivity index (χ4v) is 12.6. The smallest absolute Gasteiger partial charge is 0.306 e. The van der Waals surface area contributed by atoms with Crippen LogP contribution in [0.4, 0.5) is 0 Å². The molecule has 2 unspecified atom stereocenters. The van der Waals surface area contributed by atoms with E-state index in [0.717, 1.165) is 109 Å². The van der Waals surface area contributed by atoms with Gasteiger partial charge in [0, 0.05) is 12.8 Å². The van der Waals surface area contributed by atoms with Crippen LogP contribution in [0.15, 0.2) is 122 Å². The van der Waals surface area contributed by atoms with Crippen LogP contribution in [0.2, 0.25) is 0 Å². The van der Waals surface area contributed by atoms with Crippen molar-refractivity contribution in [3.05, 3.63) is 122 Å². The molecule has 0 aliphatic carbocycles. The number of carboxylic acids is 1. The number of carboxylic acid groups (broad SMARTS) is 1. The molecule has 0 spiro atoms. The first-order valence-electron chi connectivity index (χ1n) is 43.7. The number of likely N-dealkylation sites (N-methyl/N-ethyl adjacent to an activating group) is 1. The third-order valence-electron chi connectivity index (χ3n) is 19.2. The van der Waals surface area contributed by atoms with Gasteiger partial charge in [-0.1, -0.05) is 418 Å². The molecular weight excluding hydrogens is 1270 g/mol. The van der Waals surface area contributed by atoms with Crippen molar-refractivity contribution >= 4 is 17.9 Å². The van der Waals surface area contributed by atoms with Gasteiger partial charge in [0.15, 0.2) is 12.4 Å². The number of quaternary nitrogens is 1. The van der Waals surface area contributed by atoms with Crippen LogP contribution in [0.3, 0.4) is 0 Å². The van der Waals surface area contributed by atoms with E-state index in [4.69, 9.17) is 18.9 Å². The summed E-state index contributed by atoms with van der Waals surface area (Å²) in [5.74, 6) is -2.28. The summed E-state index contributed by atoms with van der Waals surface area (Å²) in [6.45, 7) is 4.67. The predicted octanol–water partition coefficient (Wildman–Crippen LogP) is 27.3. The zero-order chi connectivity index (χ0) is 74.6. The number of ether oxygens (including phenoxy) is 4. The highest BCUT2D eigenvalue weighted by Gasteiger charge is 2.22. The van der Waals surface area contributed by atoms with E-state index in [1.807, 2.05) is 21.1 Å². The molecule has 0 aliphatic rings. The van der Waals surface area contributed by atoms with Crippen molar-refractivity contribution in [3.8, 4) is 0 Å². The fraction of sp³-hybridized carbons (Fsp3) is 0.755. The number of aliphatic carboxylic acids is 1. The van der Waals surface area contributed by atoms with Crippen LogP contribution in [0.5, 0.6) is 0 Å². The maximum atomic E-state index is 13.0. The summed E-state index contributed by atoms with van der Waals surface area (Å²) in [7, 11) is 5.94. The minimum atomic E-state index is -1.63. The molecule has 0 bridgehead atoms. The number of esters is 2. The van der Waals surface area contributed by atoms with Gasteiger partial charge in [-0.05, 0) is 89.9 Å². The Bertz CT molecular complexity index is 2120. The second-order valence-corrected chi connectivity index (χ2v) is 30.5. The van der Waals surface area contributed by atoms with Gasteiger partial charge in [0.2, 0.25) is 0 Å². The molecule has 0 amide bonds. The maximum Gasteiger partial charge on any atom is 0.306 e. The van der Waals surface area contributed by atoms with E-state index in [1.165, 1.54) is 257 Å². The van der Waals surface area contributed by atoms with Gasteiger partial charge in [0.05, 0.1) is 40.3 Å². The topological polar surface area (TPSA) is 111 Å². The summed E-state index contributed by atoms with van der Waals surface area (Å²) in [5, 5.41) is 11.9. The standard InChI is InChI=1S/C94H165NO8/c1-6-8-10-12-14-16-18-20-22-24-26-28-30-32-34-36-38-40-42-44-46-48-50-52-54-56-58-60-62-64-66-68-70-72-74-76-78-80-82-84-91(96)101-88-90(89-102-94(93(98)99)100-87-86-95(3,4)5)103-92(97)85-83-81-79-77-75-73-71-69-67-65-63-61-59-57-55-53-51-49-47-45-43-41-39-37-35-33-31-29-27-25-23-21-19-17-15-13-11-9-7-2/h9,11,15,17,21,23,27,29,33,35,39,41,45,47,51,53,57,59,63,65,90,94H,6-8,10,12-14,16,18-20,22,24-26,28,30-32,34,36-38,40,42-44,46,48-50,52,54-56,58,60-62,64,66-89H2,1-5H3/b11-9-,17-15-,23-21-,29-27-,35-33-,41-39-,47-45-,53-51-,59-57-,65-63-. The molecule has 0 aliphatic heterocycles. The second kappa shape index (κ2) is 83.3. The molecule has 2 atom stereocenters. The molecular formula is C94H165NO8. The molecule has 594 valence electrons. The Morgan fingerprint density at radius 3 is 0.825 bits per heavy atom. The van der Waals surface area contributed by atoms with E-state index in [-0.39, 0.29) is 38.6 Å². The SMILES string of the molecule is CC/C=C\C/C=C\C/C=C\C/C=C\C/C=C\C/C=C\C/C=C\C/C=C\C/C=C\C/C=C\CCCCCCCCCCC(=O)OC(COC(=O)CCCCCCCCCCCCCCCCCCCCCCCCCCCCCCCCCCCCCCCCC)COC(OCC[N+](C)(C)C)C(=O)[O-]. The molecule has 0 saturated heterocycles. The number of carbonyl (C=O) groups excluding carboxylic acids is 3. The summed E-state index contributed by atoms with van der Waals surface area (Å²) < 4.78 is 22.9. The van der Waals surface area contributed by atoms with E-state index in [1.54, 1.807) is 0 Å². The molecule has 0 heterocycles. The molecule has 9 heteroatoms. The van der Waals surface area contributed by atoms with Crippen molar-refractivity contribution < 1.29 is 42.9 Å². The maximum absolute atomic E-state index is 13.0. The van der Waals surface area contributed by atoms with Crippen LogP contribution in [-0.2, 0) is 33.3 Å². The number of carbonyl (C=O) groups is 3. The average Bonchev–Trinajstić information content (AvgIpc) is 0.985. The number of rotatable bonds is 81. The molecule has 0 rings (SSSR count). The molecule has 0 saturated carbocycles. The highest BCUT2D eigenvalue weighted by atomic mass is 16.7. The summed E-state index contributed by atoms with van der Waals surface area (Å²) in [6, 6.07) is 0. The minimum Gasteiger partial charge on any atom is -0.545 e. The summed E-state index contributed by atoms with van der Waals surface area (Å²) in [6.07, 6.45) is 116. The normalized spacial score (nSPS) is 13.2. The lowest BCUT2D eigenvalue weighted by molar-refractivity contribution is -0.870. The molecule has 0 radical (unpaired) electrons. The third kappa shape index (κ3) is 84.8. The Hall–Kier alpha value is -4.31. The van der Waals surface area contributed by atoms with Gasteiger partial charge in [0.1, 0.15) is 13.2 Å². The lowest BCUT2D eigenvalue weighted by Crippen LogP contribution is -2.44. The molecule has 103 heavy (non-hydrogen) atoms. The van der Waals surface area contributed by atoms with Crippen LogP contribution < -0.4 is 5.11 Å². The van der Waals surface area contributed by atoms with Crippen LogP contribution >= 0.6 is 0 Å². The van der Waals surface area contributed by atoms with Gasteiger partial charge >= 0.3 is 11.9 Å². The molecule has 0 N–H and O–H groups in total. The lowest BCUT2D eigenvalue weighted by atomic mass is 10.0. The van der Waals surface area contributed by atoms with Crippen molar-refractivity contribution in [2.45, 2.75) is 411 Å². The zero-order valence-electron chi connectivity index (χ0n) is 68.2. The molecule has 0 aromatic rings. The van der Waals surface area contributed by atoms with Gasteiger partial charge in [-0.25, -0.2) is 0 Å². The Balaban J connectivity index is 4.01. The van der Waals surface area contributed by atoms with Crippen molar-refractivity contribution in [3.63, 3.8) is 0 Å². The first kappa shape index (κ1) is 98.7. The number of hydrogen-bond donors (Lipinski definition) is 0. The predicted molar refractivity (Wildman–Crippen MR) is 444 cm³/mol. The van der Waals surface area contributed by atoms with Crippen molar-refractivity contribution in [2.24, 2.45) is 0 Å². The number of nitrogens with zero attached hydrogens (tertiary/aromatic N) is 1. The second-order valence-electron chi connectivity index (χ2n) is 30.5. The molecule has 0 aromatic heterocycles. The number of unbranched alkanes of at least 4 members (excludes halogenated alkanes) is 46. The number of hydrogen-bond acceptors (Lipinski definition) is 8. The first-order valence-corrected chi connectivity index (χ1v) is 43.7. The van der Waals surface area contributed by atoms with Crippen molar-refractivity contribution in [1.29, 1.82) is 0 Å². The van der Waals surface area contributed by atoms with Gasteiger partial charge in [0.25, 0.3) is 0 Å². The Morgan fingerprint density at radius 1 is 0.301 bits per heavy atom. The first-order chi connectivity index (χ1) is 50.6. The van der Waals surface area contributed by atoms with Crippen LogP contribution in [0, 0.1) is 0 Å². The summed E-state index contributed by atoms with van der Waals surface area (Å²) in [5.41, 5.74) is 0. The van der Waals surface area contributed by atoms with E-state index in [2.05, 4.69) is 135 Å². The van der Waals surface area contributed by atoms with Gasteiger partial charge in [-0.3, -0.25) is 9.59 Å². The van der Waals surface area contributed by atoms with E-state index >= 15 is 0 Å². The third-order valence-corrected chi connectivity index (χ3v) is 19.2. The zero-order valence-corrected chi connectivity index (χ0v) is 68.2.